The van der Waals surface area contributed by atoms with E-state index < -0.39 is 0 Å². The van der Waals surface area contributed by atoms with Crippen molar-refractivity contribution in [1.29, 1.82) is 0 Å². The van der Waals surface area contributed by atoms with Crippen molar-refractivity contribution in [2.45, 2.75) is 32.1 Å². The monoisotopic (exact) mass is 232 g/mol. The van der Waals surface area contributed by atoms with Crippen molar-refractivity contribution in [2.24, 2.45) is 5.92 Å². The van der Waals surface area contributed by atoms with Crippen LogP contribution in [0.2, 0.25) is 0 Å². The number of benzene rings is 1. The summed E-state index contributed by atoms with van der Waals surface area (Å²) in [6.45, 7) is 1.03. The van der Waals surface area contributed by atoms with Crippen LogP contribution in [-0.4, -0.2) is 19.0 Å². The summed E-state index contributed by atoms with van der Waals surface area (Å²) >= 11 is 0. The molecule has 0 spiro atoms. The van der Waals surface area contributed by atoms with Crippen LogP contribution in [0.5, 0.6) is 0 Å². The third kappa shape index (κ3) is 4.31. The Morgan fingerprint density at radius 3 is 2.59 bits per heavy atom. The van der Waals surface area contributed by atoms with Crippen LogP contribution < -0.4 is 0 Å². The van der Waals surface area contributed by atoms with Gasteiger partial charge in [-0.1, -0.05) is 43.2 Å². The van der Waals surface area contributed by atoms with E-state index in [1.165, 1.54) is 25.7 Å². The first-order valence-electron chi connectivity index (χ1n) is 6.48. The van der Waals surface area contributed by atoms with Gasteiger partial charge in [0.2, 0.25) is 0 Å². The molecule has 1 aliphatic carbocycles. The normalized spacial score (nSPS) is 16.2. The number of carbonyl (C=O) groups is 1. The Morgan fingerprint density at radius 2 is 1.88 bits per heavy atom. The lowest BCUT2D eigenvalue weighted by atomic mass is 10.1. The average molecular weight is 232 g/mol. The van der Waals surface area contributed by atoms with Crippen LogP contribution in [0.25, 0.3) is 0 Å². The third-order valence-electron chi connectivity index (χ3n) is 3.34. The predicted molar refractivity (Wildman–Crippen MR) is 67.9 cm³/mol. The Balaban J connectivity index is 1.64. The molecule has 0 saturated heterocycles. The van der Waals surface area contributed by atoms with E-state index in [0.717, 1.165) is 12.2 Å². The summed E-state index contributed by atoms with van der Waals surface area (Å²) in [5, 5.41) is 0. The van der Waals surface area contributed by atoms with Gasteiger partial charge in [-0.3, -0.25) is 4.79 Å². The van der Waals surface area contributed by atoms with Gasteiger partial charge in [0.15, 0.2) is 5.78 Å². The fourth-order valence-electron chi connectivity index (χ4n) is 2.39. The molecule has 0 heterocycles. The van der Waals surface area contributed by atoms with Crippen LogP contribution in [0.15, 0.2) is 30.3 Å². The molecule has 2 rings (SSSR count). The van der Waals surface area contributed by atoms with E-state index in [-0.39, 0.29) is 12.4 Å². The number of ether oxygens (including phenoxy) is 1. The molecule has 1 saturated carbocycles. The predicted octanol–water partition coefficient (Wildman–Crippen LogP) is 3.01. The smallest absolute Gasteiger partial charge is 0.162 e. The molecule has 0 unspecified atom stereocenters. The van der Waals surface area contributed by atoms with E-state index in [4.69, 9.17) is 4.74 Å². The Labute approximate surface area is 103 Å². The number of rotatable bonds is 6. The molecule has 17 heavy (non-hydrogen) atoms. The summed E-state index contributed by atoms with van der Waals surface area (Å²) in [7, 11) is 0. The molecule has 0 radical (unpaired) electrons. The Kier molecular flexibility index (Phi) is 4.75. The van der Waals surface area contributed by atoms with Crippen LogP contribution in [0.4, 0.5) is 0 Å². The van der Waals surface area contributed by atoms with Crippen molar-refractivity contribution in [1.82, 2.24) is 0 Å². The maximum Gasteiger partial charge on any atom is 0.162 e. The summed E-state index contributed by atoms with van der Waals surface area (Å²) in [6.07, 6.45) is 5.68. The van der Waals surface area contributed by atoms with Gasteiger partial charge >= 0.3 is 0 Å². The van der Waals surface area contributed by atoms with Gasteiger partial charge in [-0.2, -0.15) is 0 Å². The molecular weight excluding hydrogens is 212 g/mol. The number of hydrogen-bond acceptors (Lipinski definition) is 2. The largest absolute Gasteiger partial charge is 0.373 e. The summed E-state index contributed by atoms with van der Waals surface area (Å²) in [6, 6.07) is 9.85. The molecule has 0 aliphatic heterocycles. The minimum absolute atomic E-state index is 0.175. The highest BCUT2D eigenvalue weighted by Gasteiger charge is 2.15. The molecule has 0 N–H and O–H groups in total. The zero-order valence-corrected chi connectivity index (χ0v) is 10.2. The van der Waals surface area contributed by atoms with E-state index in [1.54, 1.807) is 0 Å². The highest BCUT2D eigenvalue weighted by Crippen LogP contribution is 2.24. The van der Waals surface area contributed by atoms with Crippen molar-refractivity contribution in [3.63, 3.8) is 0 Å². The van der Waals surface area contributed by atoms with Gasteiger partial charge in [-0.15, -0.1) is 0 Å². The minimum atomic E-state index is 0.175. The summed E-state index contributed by atoms with van der Waals surface area (Å²) < 4.78 is 5.50. The topological polar surface area (TPSA) is 26.3 Å². The van der Waals surface area contributed by atoms with Crippen LogP contribution in [0.3, 0.4) is 0 Å². The highest BCUT2D eigenvalue weighted by molar-refractivity contribution is 5.82. The zero-order chi connectivity index (χ0) is 11.9. The molecule has 1 aromatic rings. The molecule has 0 aromatic heterocycles. The standard InChI is InChI=1S/C15H20O2/c16-15(10-13-6-2-1-3-7-13)12-17-11-14-8-4-5-9-14/h1-3,6-7,14H,4-5,8-12H2. The highest BCUT2D eigenvalue weighted by atomic mass is 16.5. The molecule has 0 amide bonds. The van der Waals surface area contributed by atoms with Crippen molar-refractivity contribution in [2.75, 3.05) is 13.2 Å². The molecule has 1 aliphatic rings. The van der Waals surface area contributed by atoms with Crippen LogP contribution in [-0.2, 0) is 16.0 Å². The fourth-order valence-corrected chi connectivity index (χ4v) is 2.39. The molecule has 92 valence electrons. The quantitative estimate of drug-likeness (QED) is 0.753. The second kappa shape index (κ2) is 6.55. The summed E-state index contributed by atoms with van der Waals surface area (Å²) in [5.41, 5.74) is 1.07. The minimum Gasteiger partial charge on any atom is -0.373 e. The first kappa shape index (κ1) is 12.3. The van der Waals surface area contributed by atoms with Gasteiger partial charge in [0.25, 0.3) is 0 Å². The van der Waals surface area contributed by atoms with Gasteiger partial charge in [-0.05, 0) is 24.3 Å². The van der Waals surface area contributed by atoms with Crippen LogP contribution in [0.1, 0.15) is 31.2 Å². The summed E-state index contributed by atoms with van der Waals surface area (Å²) in [5.74, 6) is 0.869. The Morgan fingerprint density at radius 1 is 1.18 bits per heavy atom. The van der Waals surface area contributed by atoms with Gasteiger partial charge in [0, 0.05) is 13.0 Å². The molecule has 0 bridgehead atoms. The second-order valence-corrected chi connectivity index (χ2v) is 4.87. The molecular formula is C15H20O2. The van der Waals surface area contributed by atoms with E-state index in [2.05, 4.69) is 0 Å². The van der Waals surface area contributed by atoms with Gasteiger partial charge < -0.3 is 4.74 Å². The number of hydrogen-bond donors (Lipinski definition) is 0. The first-order valence-corrected chi connectivity index (χ1v) is 6.48. The zero-order valence-electron chi connectivity index (χ0n) is 10.2. The van der Waals surface area contributed by atoms with Gasteiger partial charge in [-0.25, -0.2) is 0 Å². The van der Waals surface area contributed by atoms with Crippen molar-refractivity contribution in [3.05, 3.63) is 35.9 Å². The van der Waals surface area contributed by atoms with Gasteiger partial charge in [0.1, 0.15) is 6.61 Å². The maximum absolute atomic E-state index is 11.7. The Hall–Kier alpha value is -1.15. The lowest BCUT2D eigenvalue weighted by Crippen LogP contribution is -2.15. The van der Waals surface area contributed by atoms with E-state index in [0.29, 0.717) is 12.3 Å². The first-order chi connectivity index (χ1) is 8.34. The van der Waals surface area contributed by atoms with Crippen LogP contribution in [0, 0.1) is 5.92 Å². The molecule has 2 heteroatoms. The van der Waals surface area contributed by atoms with E-state index in [9.17, 15) is 4.79 Å². The second-order valence-electron chi connectivity index (χ2n) is 4.87. The van der Waals surface area contributed by atoms with Crippen LogP contribution >= 0.6 is 0 Å². The molecule has 0 atom stereocenters. The Bertz CT molecular complexity index is 339. The molecule has 1 aromatic carbocycles. The SMILES string of the molecule is O=C(COCC1CCCC1)Cc1ccccc1. The number of Topliss-reactive ketones (excluding diaryl/α,β-unsaturated/α-hetero) is 1. The molecule has 2 nitrogen and oxygen atoms in total. The number of ketones is 1. The lowest BCUT2D eigenvalue weighted by Gasteiger charge is -2.09. The number of carbonyl (C=O) groups excluding carboxylic acids is 1. The van der Waals surface area contributed by atoms with E-state index in [1.807, 2.05) is 30.3 Å². The van der Waals surface area contributed by atoms with Crippen molar-refractivity contribution < 1.29 is 9.53 Å². The lowest BCUT2D eigenvalue weighted by molar-refractivity contribution is -0.123. The molecule has 1 fully saturated rings. The van der Waals surface area contributed by atoms with E-state index >= 15 is 0 Å². The van der Waals surface area contributed by atoms with Crippen molar-refractivity contribution in [3.8, 4) is 0 Å². The van der Waals surface area contributed by atoms with Crippen molar-refractivity contribution >= 4 is 5.78 Å². The summed E-state index contributed by atoms with van der Waals surface area (Å²) in [4.78, 5) is 11.7. The third-order valence-corrected chi connectivity index (χ3v) is 3.34. The maximum atomic E-state index is 11.7. The fraction of sp³-hybridized carbons (Fsp3) is 0.533. The van der Waals surface area contributed by atoms with Gasteiger partial charge in [0.05, 0.1) is 0 Å². The average Bonchev–Trinajstić information content (AvgIpc) is 2.83.